The number of rotatable bonds is 6. The summed E-state index contributed by atoms with van der Waals surface area (Å²) in [5, 5.41) is 3.47. The van der Waals surface area contributed by atoms with Crippen molar-refractivity contribution in [2.45, 2.75) is 40.2 Å². The molecule has 1 aromatic carbocycles. The van der Waals surface area contributed by atoms with Crippen molar-refractivity contribution in [1.82, 2.24) is 5.32 Å². The number of nitrogens with one attached hydrogen (secondary N) is 1. The van der Waals surface area contributed by atoms with E-state index in [1.165, 1.54) is 24.0 Å². The third-order valence-corrected chi connectivity index (χ3v) is 2.41. The lowest BCUT2D eigenvalue weighted by Crippen LogP contribution is -2.18. The second-order valence-electron chi connectivity index (χ2n) is 4.59. The fourth-order valence-electron chi connectivity index (χ4n) is 1.69. The molecule has 0 radical (unpaired) electrons. The van der Waals surface area contributed by atoms with Gasteiger partial charge in [0.2, 0.25) is 0 Å². The van der Waals surface area contributed by atoms with Crippen LogP contribution in [0.1, 0.15) is 38.3 Å². The van der Waals surface area contributed by atoms with Crippen LogP contribution >= 0.6 is 0 Å². The van der Waals surface area contributed by atoms with Crippen molar-refractivity contribution in [3.8, 4) is 0 Å². The zero-order valence-corrected chi connectivity index (χ0v) is 10.2. The van der Waals surface area contributed by atoms with E-state index in [2.05, 4.69) is 50.4 Å². The molecule has 0 aliphatic rings. The van der Waals surface area contributed by atoms with Crippen LogP contribution in [0.4, 0.5) is 0 Å². The van der Waals surface area contributed by atoms with E-state index in [9.17, 15) is 0 Å². The third kappa shape index (κ3) is 4.98. The van der Waals surface area contributed by atoms with E-state index in [4.69, 9.17) is 0 Å². The minimum atomic E-state index is 0.726. The van der Waals surface area contributed by atoms with Gasteiger partial charge < -0.3 is 5.32 Å². The quantitative estimate of drug-likeness (QED) is 0.750. The van der Waals surface area contributed by atoms with Gasteiger partial charge in [-0.05, 0) is 30.0 Å². The SMILES string of the molecule is CCCc1cccc(CNCC(C)C)c1. The van der Waals surface area contributed by atoms with Crippen LogP contribution in [0.2, 0.25) is 0 Å². The number of aryl methyl sites for hydroxylation is 1. The highest BCUT2D eigenvalue weighted by Crippen LogP contribution is 2.07. The van der Waals surface area contributed by atoms with Crippen molar-refractivity contribution >= 4 is 0 Å². The highest BCUT2D eigenvalue weighted by Gasteiger charge is 1.96. The fraction of sp³-hybridized carbons (Fsp3) is 0.571. The average molecular weight is 205 g/mol. The highest BCUT2D eigenvalue weighted by atomic mass is 14.8. The average Bonchev–Trinajstić information content (AvgIpc) is 2.18. The van der Waals surface area contributed by atoms with Gasteiger partial charge in [0.05, 0.1) is 0 Å². The molecular formula is C14H23N. The minimum Gasteiger partial charge on any atom is -0.312 e. The molecule has 0 fully saturated rings. The van der Waals surface area contributed by atoms with Gasteiger partial charge in [-0.25, -0.2) is 0 Å². The van der Waals surface area contributed by atoms with E-state index in [0.29, 0.717) is 0 Å². The molecular weight excluding hydrogens is 182 g/mol. The van der Waals surface area contributed by atoms with Crippen LogP contribution in [0.15, 0.2) is 24.3 Å². The first-order valence-corrected chi connectivity index (χ1v) is 6.01. The zero-order valence-electron chi connectivity index (χ0n) is 10.2. The molecule has 0 bridgehead atoms. The molecule has 1 nitrogen and oxygen atoms in total. The van der Waals surface area contributed by atoms with Gasteiger partial charge in [-0.1, -0.05) is 51.5 Å². The topological polar surface area (TPSA) is 12.0 Å². The molecule has 0 aliphatic carbocycles. The van der Waals surface area contributed by atoms with Crippen molar-refractivity contribution in [2.75, 3.05) is 6.54 Å². The summed E-state index contributed by atoms with van der Waals surface area (Å²) in [5.74, 6) is 0.726. The van der Waals surface area contributed by atoms with Crippen LogP contribution in [-0.4, -0.2) is 6.54 Å². The van der Waals surface area contributed by atoms with Gasteiger partial charge in [-0.15, -0.1) is 0 Å². The maximum absolute atomic E-state index is 3.47. The van der Waals surface area contributed by atoms with Crippen LogP contribution in [0.5, 0.6) is 0 Å². The zero-order chi connectivity index (χ0) is 11.1. The van der Waals surface area contributed by atoms with E-state index >= 15 is 0 Å². The standard InChI is InChI=1S/C14H23N/c1-4-6-13-7-5-8-14(9-13)11-15-10-12(2)3/h5,7-9,12,15H,4,6,10-11H2,1-3H3. The van der Waals surface area contributed by atoms with Crippen LogP contribution in [0, 0.1) is 5.92 Å². The lowest BCUT2D eigenvalue weighted by molar-refractivity contribution is 0.552. The van der Waals surface area contributed by atoms with Gasteiger partial charge in [0, 0.05) is 6.54 Å². The van der Waals surface area contributed by atoms with Crippen LogP contribution in [-0.2, 0) is 13.0 Å². The van der Waals surface area contributed by atoms with Crippen LogP contribution < -0.4 is 5.32 Å². The Bertz CT molecular complexity index is 278. The van der Waals surface area contributed by atoms with Crippen LogP contribution in [0.25, 0.3) is 0 Å². The minimum absolute atomic E-state index is 0.726. The van der Waals surface area contributed by atoms with E-state index in [1.54, 1.807) is 0 Å². The Morgan fingerprint density at radius 1 is 1.20 bits per heavy atom. The summed E-state index contributed by atoms with van der Waals surface area (Å²) in [6, 6.07) is 8.90. The van der Waals surface area contributed by atoms with Gasteiger partial charge >= 0.3 is 0 Å². The normalized spacial score (nSPS) is 10.9. The Hall–Kier alpha value is -0.820. The van der Waals surface area contributed by atoms with Crippen LogP contribution in [0.3, 0.4) is 0 Å². The summed E-state index contributed by atoms with van der Waals surface area (Å²) >= 11 is 0. The molecule has 0 aromatic heterocycles. The molecule has 0 amide bonds. The number of benzene rings is 1. The smallest absolute Gasteiger partial charge is 0.0205 e. The fourth-order valence-corrected chi connectivity index (χ4v) is 1.69. The third-order valence-electron chi connectivity index (χ3n) is 2.41. The summed E-state index contributed by atoms with van der Waals surface area (Å²) in [7, 11) is 0. The second kappa shape index (κ2) is 6.62. The summed E-state index contributed by atoms with van der Waals surface area (Å²) in [5.41, 5.74) is 2.86. The second-order valence-corrected chi connectivity index (χ2v) is 4.59. The summed E-state index contributed by atoms with van der Waals surface area (Å²) in [6.45, 7) is 8.79. The largest absolute Gasteiger partial charge is 0.312 e. The van der Waals surface area contributed by atoms with Crippen molar-refractivity contribution < 1.29 is 0 Å². The van der Waals surface area contributed by atoms with E-state index in [0.717, 1.165) is 19.0 Å². The van der Waals surface area contributed by atoms with Gasteiger partial charge in [0.1, 0.15) is 0 Å². The molecule has 1 aromatic rings. The molecule has 0 saturated carbocycles. The van der Waals surface area contributed by atoms with Crippen molar-refractivity contribution in [3.63, 3.8) is 0 Å². The molecule has 0 aliphatic heterocycles. The Labute approximate surface area is 93.9 Å². The van der Waals surface area contributed by atoms with Gasteiger partial charge in [0.25, 0.3) is 0 Å². The molecule has 0 unspecified atom stereocenters. The molecule has 0 atom stereocenters. The Morgan fingerprint density at radius 3 is 2.60 bits per heavy atom. The molecule has 0 spiro atoms. The maximum Gasteiger partial charge on any atom is 0.0205 e. The maximum atomic E-state index is 3.47. The lowest BCUT2D eigenvalue weighted by Gasteiger charge is -2.08. The first-order chi connectivity index (χ1) is 7.22. The molecule has 84 valence electrons. The van der Waals surface area contributed by atoms with Crippen molar-refractivity contribution in [3.05, 3.63) is 35.4 Å². The molecule has 1 rings (SSSR count). The predicted octanol–water partition coefficient (Wildman–Crippen LogP) is 3.38. The molecule has 1 N–H and O–H groups in total. The number of hydrogen-bond donors (Lipinski definition) is 1. The first kappa shape index (κ1) is 12.3. The van der Waals surface area contributed by atoms with Crippen molar-refractivity contribution in [2.24, 2.45) is 5.92 Å². The summed E-state index contributed by atoms with van der Waals surface area (Å²) in [4.78, 5) is 0. The molecule has 0 heterocycles. The predicted molar refractivity (Wildman–Crippen MR) is 67.0 cm³/mol. The molecule has 1 heteroatoms. The first-order valence-electron chi connectivity index (χ1n) is 6.01. The Morgan fingerprint density at radius 2 is 1.93 bits per heavy atom. The van der Waals surface area contributed by atoms with Gasteiger partial charge in [-0.3, -0.25) is 0 Å². The summed E-state index contributed by atoms with van der Waals surface area (Å²) in [6.07, 6.45) is 2.42. The molecule has 15 heavy (non-hydrogen) atoms. The van der Waals surface area contributed by atoms with Gasteiger partial charge in [0.15, 0.2) is 0 Å². The van der Waals surface area contributed by atoms with Gasteiger partial charge in [-0.2, -0.15) is 0 Å². The van der Waals surface area contributed by atoms with E-state index in [-0.39, 0.29) is 0 Å². The number of hydrogen-bond acceptors (Lipinski definition) is 1. The Balaban J connectivity index is 2.43. The monoisotopic (exact) mass is 205 g/mol. The molecule has 0 saturated heterocycles. The summed E-state index contributed by atoms with van der Waals surface area (Å²) < 4.78 is 0. The van der Waals surface area contributed by atoms with E-state index in [1.807, 2.05) is 0 Å². The van der Waals surface area contributed by atoms with Crippen molar-refractivity contribution in [1.29, 1.82) is 0 Å². The lowest BCUT2D eigenvalue weighted by atomic mass is 10.1. The van der Waals surface area contributed by atoms with E-state index < -0.39 is 0 Å². The Kier molecular flexibility index (Phi) is 5.41. The highest BCUT2D eigenvalue weighted by molar-refractivity contribution is 5.23.